The molecule has 0 aliphatic heterocycles. The van der Waals surface area contributed by atoms with Crippen molar-refractivity contribution in [1.82, 2.24) is 0 Å². The van der Waals surface area contributed by atoms with Crippen LogP contribution in [0.1, 0.15) is 121 Å². The molecule has 0 aliphatic carbocycles. The summed E-state index contributed by atoms with van der Waals surface area (Å²) in [7, 11) is 0. The minimum absolute atomic E-state index is 0.132. The molecule has 2 aromatic rings. The first-order valence-electron chi connectivity index (χ1n) is 13.2. The molecule has 0 spiro atoms. The Morgan fingerprint density at radius 3 is 1.68 bits per heavy atom. The monoisotopic (exact) mass is 510 g/mol. The van der Waals surface area contributed by atoms with Crippen LogP contribution in [-0.2, 0) is 20.4 Å². The summed E-state index contributed by atoms with van der Waals surface area (Å²) in [5, 5.41) is 0. The average molecular weight is 511 g/mol. The van der Waals surface area contributed by atoms with Crippen molar-refractivity contribution in [3.8, 4) is 11.5 Å². The van der Waals surface area contributed by atoms with Crippen LogP contribution < -0.4 is 9.47 Å². The van der Waals surface area contributed by atoms with Crippen LogP contribution >= 0.6 is 0 Å². The van der Waals surface area contributed by atoms with E-state index >= 15 is 0 Å². The number of hydrogen-bond acceptors (Lipinski definition) is 5. The molecular weight excluding hydrogens is 464 g/mol. The Hall–Kier alpha value is -2.82. The molecule has 0 bridgehead atoms. The zero-order chi connectivity index (χ0) is 28.3. The quantitative estimate of drug-likeness (QED) is 0.212. The van der Waals surface area contributed by atoms with Crippen LogP contribution in [0.4, 0.5) is 4.79 Å². The van der Waals surface area contributed by atoms with E-state index in [2.05, 4.69) is 74.4 Å². The van der Waals surface area contributed by atoms with Gasteiger partial charge in [0.05, 0.1) is 0 Å². The standard InChI is InChI=1S/C32H46O5/c1-13-14-22(23-17-25(30(4,5)6)27(35-19-33)15-20(23)2)24-18-26(31(7,8)9)28(16-21(24)3)36-29(34)37-32(10,11)12/h15-19,22H,13-14H2,1-12H3. The molecule has 0 fully saturated rings. The summed E-state index contributed by atoms with van der Waals surface area (Å²) in [5.41, 5.74) is 5.41. The van der Waals surface area contributed by atoms with Crippen molar-refractivity contribution in [2.24, 2.45) is 0 Å². The number of benzene rings is 2. The Bertz CT molecular complexity index is 1120. The van der Waals surface area contributed by atoms with E-state index in [-0.39, 0.29) is 16.7 Å². The van der Waals surface area contributed by atoms with E-state index in [1.165, 1.54) is 11.1 Å². The van der Waals surface area contributed by atoms with Gasteiger partial charge in [-0.05, 0) is 86.3 Å². The predicted octanol–water partition coefficient (Wildman–Crippen LogP) is 8.68. The van der Waals surface area contributed by atoms with Crippen LogP contribution in [0.5, 0.6) is 11.5 Å². The van der Waals surface area contributed by atoms with E-state index in [0.29, 0.717) is 18.0 Å². The van der Waals surface area contributed by atoms with Crippen molar-refractivity contribution in [2.75, 3.05) is 0 Å². The molecule has 37 heavy (non-hydrogen) atoms. The SMILES string of the molecule is CCCC(c1cc(C(C)(C)C)c(OC=O)cc1C)c1cc(C(C)(C)C)c(OC(=O)OC(C)(C)C)cc1C. The summed E-state index contributed by atoms with van der Waals surface area (Å²) in [5.74, 6) is 1.26. The first-order chi connectivity index (χ1) is 16.9. The zero-order valence-electron chi connectivity index (χ0n) is 24.9. The van der Waals surface area contributed by atoms with Gasteiger partial charge >= 0.3 is 6.16 Å². The first-order valence-corrected chi connectivity index (χ1v) is 13.2. The number of rotatable bonds is 7. The summed E-state index contributed by atoms with van der Waals surface area (Å²) < 4.78 is 16.6. The topological polar surface area (TPSA) is 61.8 Å². The molecule has 0 saturated heterocycles. The fourth-order valence-electron chi connectivity index (χ4n) is 4.68. The summed E-state index contributed by atoms with van der Waals surface area (Å²) in [6.45, 7) is 25.0. The Kier molecular flexibility index (Phi) is 9.27. The molecule has 0 aliphatic rings. The highest BCUT2D eigenvalue weighted by atomic mass is 16.7. The summed E-state index contributed by atoms with van der Waals surface area (Å²) in [6, 6.07) is 8.34. The van der Waals surface area contributed by atoms with Crippen molar-refractivity contribution in [2.45, 2.75) is 118 Å². The highest BCUT2D eigenvalue weighted by Gasteiger charge is 2.29. The number of carbonyl (C=O) groups excluding carboxylic acids is 2. The molecule has 0 aromatic heterocycles. The van der Waals surface area contributed by atoms with Crippen molar-refractivity contribution < 1.29 is 23.8 Å². The van der Waals surface area contributed by atoms with Gasteiger partial charge in [-0.15, -0.1) is 0 Å². The Morgan fingerprint density at radius 2 is 1.27 bits per heavy atom. The summed E-state index contributed by atoms with van der Waals surface area (Å²) in [6.07, 6.45) is 1.25. The average Bonchev–Trinajstić information content (AvgIpc) is 2.70. The Labute approximate surface area is 223 Å². The fourth-order valence-corrected chi connectivity index (χ4v) is 4.68. The lowest BCUT2D eigenvalue weighted by Crippen LogP contribution is -2.27. The molecule has 0 saturated carbocycles. The maximum Gasteiger partial charge on any atom is 0.514 e. The predicted molar refractivity (Wildman–Crippen MR) is 150 cm³/mol. The van der Waals surface area contributed by atoms with Gasteiger partial charge in [0.15, 0.2) is 0 Å². The third-order valence-corrected chi connectivity index (χ3v) is 6.44. The normalized spacial score (nSPS) is 13.2. The molecule has 0 N–H and O–H groups in total. The number of aryl methyl sites for hydroxylation is 2. The lowest BCUT2D eigenvalue weighted by molar-refractivity contribution is -0.120. The third-order valence-electron chi connectivity index (χ3n) is 6.44. The smallest absolute Gasteiger partial charge is 0.428 e. The molecule has 0 amide bonds. The summed E-state index contributed by atoms with van der Waals surface area (Å²) in [4.78, 5) is 23.7. The molecule has 2 aromatic carbocycles. The maximum atomic E-state index is 12.5. The lowest BCUT2D eigenvalue weighted by atomic mass is 9.76. The Morgan fingerprint density at radius 1 is 0.811 bits per heavy atom. The van der Waals surface area contributed by atoms with E-state index < -0.39 is 11.8 Å². The van der Waals surface area contributed by atoms with E-state index in [1.54, 1.807) is 0 Å². The minimum Gasteiger partial charge on any atom is -0.428 e. The van der Waals surface area contributed by atoms with Gasteiger partial charge in [0.1, 0.15) is 17.1 Å². The minimum atomic E-state index is -0.702. The molecule has 1 unspecified atom stereocenters. The van der Waals surface area contributed by atoms with E-state index in [0.717, 1.165) is 35.1 Å². The number of carbonyl (C=O) groups is 2. The molecule has 0 radical (unpaired) electrons. The molecule has 5 nitrogen and oxygen atoms in total. The molecule has 5 heteroatoms. The zero-order valence-corrected chi connectivity index (χ0v) is 24.9. The molecular formula is C32H46O5. The van der Waals surface area contributed by atoms with E-state index in [4.69, 9.17) is 14.2 Å². The van der Waals surface area contributed by atoms with Crippen LogP contribution in [0.25, 0.3) is 0 Å². The number of ether oxygens (including phenoxy) is 3. The van der Waals surface area contributed by atoms with Gasteiger partial charge < -0.3 is 14.2 Å². The summed E-state index contributed by atoms with van der Waals surface area (Å²) >= 11 is 0. The highest BCUT2D eigenvalue weighted by molar-refractivity contribution is 5.66. The second kappa shape index (κ2) is 11.3. The highest BCUT2D eigenvalue weighted by Crippen LogP contribution is 2.43. The van der Waals surface area contributed by atoms with Gasteiger partial charge in [-0.3, -0.25) is 4.79 Å². The van der Waals surface area contributed by atoms with Crippen LogP contribution in [0.15, 0.2) is 24.3 Å². The van der Waals surface area contributed by atoms with Crippen molar-refractivity contribution >= 4 is 12.6 Å². The van der Waals surface area contributed by atoms with Gasteiger partial charge in [-0.2, -0.15) is 0 Å². The van der Waals surface area contributed by atoms with Crippen LogP contribution in [-0.4, -0.2) is 18.2 Å². The van der Waals surface area contributed by atoms with Crippen LogP contribution in [0, 0.1) is 13.8 Å². The van der Waals surface area contributed by atoms with Crippen molar-refractivity contribution in [1.29, 1.82) is 0 Å². The molecule has 204 valence electrons. The van der Waals surface area contributed by atoms with E-state index in [1.807, 2.05) is 32.9 Å². The van der Waals surface area contributed by atoms with Gasteiger partial charge in [0.2, 0.25) is 0 Å². The number of hydrogen-bond donors (Lipinski definition) is 0. The van der Waals surface area contributed by atoms with Gasteiger partial charge in [-0.25, -0.2) is 4.79 Å². The maximum absolute atomic E-state index is 12.5. The second-order valence-corrected chi connectivity index (χ2v) is 13.0. The van der Waals surface area contributed by atoms with Crippen LogP contribution in [0.3, 0.4) is 0 Å². The largest absolute Gasteiger partial charge is 0.514 e. The third kappa shape index (κ3) is 7.83. The lowest BCUT2D eigenvalue weighted by Gasteiger charge is -2.30. The van der Waals surface area contributed by atoms with Crippen molar-refractivity contribution in [3.63, 3.8) is 0 Å². The fraction of sp³-hybridized carbons (Fsp3) is 0.562. The van der Waals surface area contributed by atoms with E-state index in [9.17, 15) is 9.59 Å². The second-order valence-electron chi connectivity index (χ2n) is 13.0. The first kappa shape index (κ1) is 30.4. The molecule has 0 heterocycles. The molecule has 2 rings (SSSR count). The van der Waals surface area contributed by atoms with Gasteiger partial charge in [-0.1, -0.05) is 67.0 Å². The van der Waals surface area contributed by atoms with Gasteiger partial charge in [0.25, 0.3) is 6.47 Å². The van der Waals surface area contributed by atoms with Gasteiger partial charge in [0, 0.05) is 17.0 Å². The molecule has 1 atom stereocenters. The van der Waals surface area contributed by atoms with Crippen molar-refractivity contribution in [3.05, 3.63) is 57.6 Å². The van der Waals surface area contributed by atoms with Crippen LogP contribution in [0.2, 0.25) is 0 Å². The Balaban J connectivity index is 2.73.